The van der Waals surface area contributed by atoms with Crippen molar-refractivity contribution in [2.24, 2.45) is 11.8 Å². The molecule has 9 heteroatoms. The van der Waals surface area contributed by atoms with Crippen molar-refractivity contribution in [3.63, 3.8) is 0 Å². The van der Waals surface area contributed by atoms with Crippen molar-refractivity contribution in [1.82, 2.24) is 24.6 Å². The van der Waals surface area contributed by atoms with Crippen LogP contribution in [0.1, 0.15) is 21.5 Å². The van der Waals surface area contributed by atoms with Gasteiger partial charge in [-0.1, -0.05) is 0 Å². The van der Waals surface area contributed by atoms with Crippen LogP contribution < -0.4 is 10.1 Å². The van der Waals surface area contributed by atoms with Gasteiger partial charge in [-0.25, -0.2) is 4.98 Å². The van der Waals surface area contributed by atoms with E-state index in [1.807, 2.05) is 40.4 Å². The third-order valence-electron chi connectivity index (χ3n) is 5.73. The van der Waals surface area contributed by atoms with Gasteiger partial charge in [-0.05, 0) is 36.1 Å². The predicted molar refractivity (Wildman–Crippen MR) is 109 cm³/mol. The average Bonchev–Trinajstić information content (AvgIpc) is 3.46. The monoisotopic (exact) mass is 410 g/mol. The second-order valence-electron chi connectivity index (χ2n) is 7.58. The lowest BCUT2D eigenvalue weighted by molar-refractivity contribution is 0.100. The summed E-state index contributed by atoms with van der Waals surface area (Å²) in [5.74, 6) is 2.87. The van der Waals surface area contributed by atoms with Crippen LogP contribution >= 0.6 is 11.3 Å². The molecule has 4 heterocycles. The van der Waals surface area contributed by atoms with E-state index >= 15 is 0 Å². The summed E-state index contributed by atoms with van der Waals surface area (Å²) in [7, 11) is 1.62. The van der Waals surface area contributed by atoms with Gasteiger partial charge in [0, 0.05) is 43.3 Å². The number of carbonyl (C=O) groups excluding carboxylic acids is 1. The number of likely N-dealkylation sites (tertiary alicyclic amines) is 1. The summed E-state index contributed by atoms with van der Waals surface area (Å²) >= 11 is 1.70. The number of nitrogens with zero attached hydrogens (tertiary/aromatic N) is 5. The van der Waals surface area contributed by atoms with Gasteiger partial charge in [0.2, 0.25) is 5.82 Å². The Morgan fingerprint density at radius 1 is 1.21 bits per heavy atom. The number of carbonyl (C=O) groups is 1. The van der Waals surface area contributed by atoms with Gasteiger partial charge in [-0.2, -0.15) is 0 Å². The van der Waals surface area contributed by atoms with Crippen LogP contribution in [0.2, 0.25) is 0 Å². The molecule has 1 fully saturated rings. The molecule has 2 atom stereocenters. The Morgan fingerprint density at radius 3 is 2.79 bits per heavy atom. The Kier molecular flexibility index (Phi) is 4.76. The first-order chi connectivity index (χ1) is 14.2. The number of hydrogen-bond donors (Lipinski definition) is 1. The summed E-state index contributed by atoms with van der Waals surface area (Å²) in [6.45, 7) is 3.74. The fourth-order valence-corrected chi connectivity index (χ4v) is 4.96. The maximum absolute atomic E-state index is 12.8. The molecule has 0 unspecified atom stereocenters. The van der Waals surface area contributed by atoms with Crippen LogP contribution in [0.3, 0.4) is 0 Å². The molecule has 29 heavy (non-hydrogen) atoms. The number of hydrogen-bond acceptors (Lipinski definition) is 7. The Hall–Kier alpha value is -2.78. The summed E-state index contributed by atoms with van der Waals surface area (Å²) in [6, 6.07) is 7.26. The Bertz CT molecular complexity index is 1000. The molecule has 2 aliphatic heterocycles. The zero-order chi connectivity index (χ0) is 19.8. The molecule has 0 saturated carbocycles. The lowest BCUT2D eigenvalue weighted by Gasteiger charge is -2.25. The molecule has 0 bridgehead atoms. The molecule has 0 radical (unpaired) electrons. The number of aromatic nitrogens is 4. The number of methoxy groups -OCH3 is 1. The third kappa shape index (κ3) is 3.63. The number of amides is 1. The highest BCUT2D eigenvalue weighted by atomic mass is 32.1. The molecule has 0 spiro atoms. The van der Waals surface area contributed by atoms with E-state index in [2.05, 4.69) is 25.4 Å². The molecule has 3 aromatic rings. The molecule has 1 aromatic carbocycles. The molecule has 150 valence electrons. The van der Waals surface area contributed by atoms with Crippen LogP contribution in [0.4, 0.5) is 5.69 Å². The highest BCUT2D eigenvalue weighted by Crippen LogP contribution is 2.33. The number of thiazole rings is 1. The van der Waals surface area contributed by atoms with Crippen LogP contribution in [-0.2, 0) is 19.5 Å². The van der Waals surface area contributed by atoms with Crippen molar-refractivity contribution in [3.8, 4) is 5.75 Å². The van der Waals surface area contributed by atoms with Gasteiger partial charge in [-0.15, -0.1) is 21.5 Å². The van der Waals surface area contributed by atoms with Gasteiger partial charge in [0.15, 0.2) is 0 Å². The number of anilines is 1. The Balaban J connectivity index is 1.27. The van der Waals surface area contributed by atoms with Crippen LogP contribution in [0.5, 0.6) is 5.75 Å². The minimum atomic E-state index is -0.231. The SMILES string of the molecule is COc1ccc(NC(=O)c2nnc3n2C[C@@H]2CN(Cc4nccs4)C[C@H]2C3)cc1. The molecule has 8 nitrogen and oxygen atoms in total. The molecule has 1 saturated heterocycles. The van der Waals surface area contributed by atoms with Crippen LogP contribution in [0, 0.1) is 11.8 Å². The van der Waals surface area contributed by atoms with Gasteiger partial charge >= 0.3 is 0 Å². The van der Waals surface area contributed by atoms with Gasteiger partial charge < -0.3 is 14.6 Å². The Morgan fingerprint density at radius 2 is 2.03 bits per heavy atom. The maximum Gasteiger partial charge on any atom is 0.293 e. The number of benzene rings is 1. The van der Waals surface area contributed by atoms with Crippen molar-refractivity contribution < 1.29 is 9.53 Å². The topological polar surface area (TPSA) is 85.2 Å². The lowest BCUT2D eigenvalue weighted by atomic mass is 9.89. The first-order valence-corrected chi connectivity index (χ1v) is 10.6. The minimum Gasteiger partial charge on any atom is -0.497 e. The lowest BCUT2D eigenvalue weighted by Crippen LogP contribution is -2.31. The molecular weight excluding hydrogens is 388 g/mol. The molecular formula is C20H22N6O2S. The van der Waals surface area contributed by atoms with Gasteiger partial charge in [0.1, 0.15) is 16.6 Å². The summed E-state index contributed by atoms with van der Waals surface area (Å²) in [5, 5.41) is 14.6. The second kappa shape index (κ2) is 7.57. The Labute approximate surface area is 172 Å². The van der Waals surface area contributed by atoms with E-state index in [0.29, 0.717) is 23.3 Å². The van der Waals surface area contributed by atoms with Gasteiger partial charge in [0.25, 0.3) is 5.91 Å². The van der Waals surface area contributed by atoms with Crippen LogP contribution in [0.25, 0.3) is 0 Å². The van der Waals surface area contributed by atoms with Crippen LogP contribution in [-0.4, -0.2) is 50.8 Å². The summed E-state index contributed by atoms with van der Waals surface area (Å²) in [6.07, 6.45) is 2.72. The summed E-state index contributed by atoms with van der Waals surface area (Å²) in [4.78, 5) is 19.7. The van der Waals surface area contributed by atoms with E-state index in [1.165, 1.54) is 0 Å². The van der Waals surface area contributed by atoms with Crippen LogP contribution in [0.15, 0.2) is 35.8 Å². The van der Waals surface area contributed by atoms with Crippen molar-refractivity contribution in [3.05, 3.63) is 52.5 Å². The number of rotatable bonds is 5. The van der Waals surface area contributed by atoms with E-state index < -0.39 is 0 Å². The maximum atomic E-state index is 12.8. The van der Waals surface area contributed by atoms with Gasteiger partial charge in [0.05, 0.1) is 13.7 Å². The molecule has 1 amide bonds. The molecule has 2 aliphatic rings. The molecule has 0 aliphatic carbocycles. The second-order valence-corrected chi connectivity index (χ2v) is 8.56. The summed E-state index contributed by atoms with van der Waals surface area (Å²) in [5.41, 5.74) is 0.706. The average molecular weight is 411 g/mol. The fourth-order valence-electron chi connectivity index (χ4n) is 4.30. The van der Waals surface area contributed by atoms with Crippen molar-refractivity contribution in [2.45, 2.75) is 19.5 Å². The van der Waals surface area contributed by atoms with Crippen molar-refractivity contribution in [1.29, 1.82) is 0 Å². The van der Waals surface area contributed by atoms with E-state index in [1.54, 1.807) is 18.4 Å². The van der Waals surface area contributed by atoms with E-state index in [-0.39, 0.29) is 5.91 Å². The normalized spacial score (nSPS) is 20.9. The number of ether oxygens (including phenoxy) is 1. The smallest absolute Gasteiger partial charge is 0.293 e. The van der Waals surface area contributed by atoms with Crippen molar-refractivity contribution >= 4 is 22.9 Å². The quantitative estimate of drug-likeness (QED) is 0.695. The molecule has 2 aromatic heterocycles. The highest BCUT2D eigenvalue weighted by molar-refractivity contribution is 7.09. The first-order valence-electron chi connectivity index (χ1n) is 9.68. The third-order valence-corrected chi connectivity index (χ3v) is 6.50. The standard InChI is InChI=1S/C20H22N6O2S/c1-28-16-4-2-15(3-5-16)22-20(27)19-24-23-17-8-13-9-25(10-14(13)11-26(17)19)12-18-21-6-7-29-18/h2-7,13-14H,8-12H2,1H3,(H,22,27)/t13-,14+/m1/s1. The molecule has 5 rings (SSSR count). The largest absolute Gasteiger partial charge is 0.497 e. The summed E-state index contributed by atoms with van der Waals surface area (Å²) < 4.78 is 7.15. The molecule has 1 N–H and O–H groups in total. The van der Waals surface area contributed by atoms with E-state index in [0.717, 1.165) is 49.2 Å². The van der Waals surface area contributed by atoms with E-state index in [4.69, 9.17) is 4.74 Å². The van der Waals surface area contributed by atoms with Gasteiger partial charge in [-0.3, -0.25) is 9.69 Å². The fraction of sp³-hybridized carbons (Fsp3) is 0.400. The van der Waals surface area contributed by atoms with Crippen molar-refractivity contribution in [2.75, 3.05) is 25.5 Å². The number of fused-ring (bicyclic) bond motifs is 2. The van der Waals surface area contributed by atoms with E-state index in [9.17, 15) is 4.79 Å². The highest BCUT2D eigenvalue weighted by Gasteiger charge is 2.39. The minimum absolute atomic E-state index is 0.231. The predicted octanol–water partition coefficient (Wildman–Crippen LogP) is 2.30. The first kappa shape index (κ1) is 18.3. The zero-order valence-electron chi connectivity index (χ0n) is 16.1. The zero-order valence-corrected chi connectivity index (χ0v) is 16.9. The number of nitrogens with one attached hydrogen (secondary N) is 1.